The highest BCUT2D eigenvalue weighted by molar-refractivity contribution is 5.89. The van der Waals surface area contributed by atoms with Crippen LogP contribution < -0.4 is 11.1 Å². The van der Waals surface area contributed by atoms with Crippen molar-refractivity contribution in [1.82, 2.24) is 0 Å². The van der Waals surface area contributed by atoms with Gasteiger partial charge in [-0.3, -0.25) is 5.32 Å². The van der Waals surface area contributed by atoms with Gasteiger partial charge in [0, 0.05) is 11.1 Å². The maximum atomic E-state index is 11.8. The summed E-state index contributed by atoms with van der Waals surface area (Å²) in [7, 11) is 0. The van der Waals surface area contributed by atoms with Gasteiger partial charge in [0.25, 0.3) is 0 Å². The molecule has 4 nitrogen and oxygen atoms in total. The molecule has 0 unspecified atom stereocenters. The topological polar surface area (TPSA) is 64.3 Å². The molecule has 2 aromatic rings. The van der Waals surface area contributed by atoms with Crippen LogP contribution in [0.25, 0.3) is 0 Å². The predicted molar refractivity (Wildman–Crippen MR) is 93.1 cm³/mol. The third-order valence-corrected chi connectivity index (χ3v) is 2.81. The van der Waals surface area contributed by atoms with Gasteiger partial charge < -0.3 is 10.5 Å². The van der Waals surface area contributed by atoms with Crippen molar-refractivity contribution < 1.29 is 9.53 Å². The van der Waals surface area contributed by atoms with E-state index in [1.54, 1.807) is 32.9 Å². The van der Waals surface area contributed by atoms with E-state index in [1.165, 1.54) is 0 Å². The third kappa shape index (κ3) is 5.40. The minimum atomic E-state index is -0.566. The normalized spacial score (nSPS) is 10.4. The number of carbonyl (C=O) groups excluding carboxylic acids is 1. The number of ether oxygens (including phenoxy) is 1. The summed E-state index contributed by atoms with van der Waals surface area (Å²) in [5, 5.41) is 2.65. The lowest BCUT2D eigenvalue weighted by molar-refractivity contribution is 0.0636. The van der Waals surface area contributed by atoms with E-state index in [0.717, 1.165) is 11.1 Å². The summed E-state index contributed by atoms with van der Waals surface area (Å²) in [4.78, 5) is 11.8. The lowest BCUT2D eigenvalue weighted by atomic mass is 10.1. The molecule has 0 aliphatic rings. The summed E-state index contributed by atoms with van der Waals surface area (Å²) >= 11 is 0. The average Bonchev–Trinajstić information content (AvgIpc) is 2.47. The van der Waals surface area contributed by atoms with Crippen molar-refractivity contribution in [3.05, 3.63) is 59.7 Å². The minimum absolute atomic E-state index is 0.459. The summed E-state index contributed by atoms with van der Waals surface area (Å²) < 4.78 is 5.22. The van der Waals surface area contributed by atoms with Crippen LogP contribution >= 0.6 is 0 Å². The van der Waals surface area contributed by atoms with E-state index in [0.29, 0.717) is 11.4 Å². The molecular weight excluding hydrogens is 288 g/mol. The Kier molecular flexibility index (Phi) is 4.92. The number of nitrogens with one attached hydrogen (secondary N) is 1. The highest BCUT2D eigenvalue weighted by Gasteiger charge is 2.16. The van der Waals surface area contributed by atoms with Crippen molar-refractivity contribution in [3.8, 4) is 11.8 Å². The fourth-order valence-corrected chi connectivity index (χ4v) is 1.82. The van der Waals surface area contributed by atoms with E-state index in [4.69, 9.17) is 10.5 Å². The maximum Gasteiger partial charge on any atom is 0.412 e. The molecule has 1 amide bonds. The van der Waals surface area contributed by atoms with Crippen LogP contribution in [0.1, 0.15) is 31.9 Å². The number of hydrogen-bond donors (Lipinski definition) is 2. The molecule has 0 saturated carbocycles. The smallest absolute Gasteiger partial charge is 0.412 e. The maximum absolute atomic E-state index is 11.8. The summed E-state index contributed by atoms with van der Waals surface area (Å²) in [5.74, 6) is 6.12. The van der Waals surface area contributed by atoms with Gasteiger partial charge in [-0.15, -0.1) is 0 Å². The Labute approximate surface area is 136 Å². The van der Waals surface area contributed by atoms with Gasteiger partial charge in [0.15, 0.2) is 0 Å². The minimum Gasteiger partial charge on any atom is -0.444 e. The van der Waals surface area contributed by atoms with Gasteiger partial charge in [-0.1, -0.05) is 30.0 Å². The van der Waals surface area contributed by atoms with Crippen LogP contribution in [0.3, 0.4) is 0 Å². The number of nitrogen functional groups attached to an aromatic ring is 1. The number of hydrogen-bond acceptors (Lipinski definition) is 3. The molecule has 2 rings (SSSR count). The number of carbonyl (C=O) groups is 1. The Bertz CT molecular complexity index is 750. The van der Waals surface area contributed by atoms with E-state index >= 15 is 0 Å². The highest BCUT2D eigenvalue weighted by Crippen LogP contribution is 2.21. The molecule has 0 bridgehead atoms. The largest absolute Gasteiger partial charge is 0.444 e. The SMILES string of the molecule is CC(C)(C)OC(=O)Nc1cc(C#Cc2ccccc2)ccc1N. The zero-order valence-corrected chi connectivity index (χ0v) is 13.5. The Balaban J connectivity index is 2.16. The number of benzene rings is 2. The molecule has 3 N–H and O–H groups in total. The van der Waals surface area contributed by atoms with Crippen LogP contribution in [0, 0.1) is 11.8 Å². The number of amides is 1. The zero-order chi connectivity index (χ0) is 16.9. The molecule has 0 atom stereocenters. The van der Waals surface area contributed by atoms with Crippen LogP contribution in [0.5, 0.6) is 0 Å². The van der Waals surface area contributed by atoms with Gasteiger partial charge >= 0.3 is 6.09 Å². The first-order valence-electron chi connectivity index (χ1n) is 7.30. The molecule has 0 aromatic heterocycles. The number of rotatable bonds is 1. The summed E-state index contributed by atoms with van der Waals surface area (Å²) in [6.45, 7) is 5.41. The fourth-order valence-electron chi connectivity index (χ4n) is 1.82. The lowest BCUT2D eigenvalue weighted by Crippen LogP contribution is -2.27. The van der Waals surface area contributed by atoms with E-state index in [2.05, 4.69) is 17.2 Å². The second kappa shape index (κ2) is 6.89. The van der Waals surface area contributed by atoms with Gasteiger partial charge in [-0.05, 0) is 51.1 Å². The summed E-state index contributed by atoms with van der Waals surface area (Å²) in [6.07, 6.45) is -0.544. The fraction of sp³-hybridized carbons (Fsp3) is 0.211. The first-order chi connectivity index (χ1) is 10.8. The lowest BCUT2D eigenvalue weighted by Gasteiger charge is -2.20. The molecule has 0 radical (unpaired) electrons. The highest BCUT2D eigenvalue weighted by atomic mass is 16.6. The van der Waals surface area contributed by atoms with E-state index in [9.17, 15) is 4.79 Å². The summed E-state index contributed by atoms with van der Waals surface area (Å²) in [6, 6.07) is 14.9. The van der Waals surface area contributed by atoms with Crippen LogP contribution in [0.2, 0.25) is 0 Å². The molecule has 23 heavy (non-hydrogen) atoms. The molecule has 0 spiro atoms. The molecule has 0 saturated heterocycles. The van der Waals surface area contributed by atoms with Crippen molar-refractivity contribution in [1.29, 1.82) is 0 Å². The van der Waals surface area contributed by atoms with Crippen LogP contribution in [0.4, 0.5) is 16.2 Å². The first kappa shape index (κ1) is 16.4. The van der Waals surface area contributed by atoms with Gasteiger partial charge in [-0.25, -0.2) is 4.79 Å². The standard InChI is InChI=1S/C19H20N2O2/c1-19(2,3)23-18(22)21-17-13-15(11-12-16(17)20)10-9-14-7-5-4-6-8-14/h4-8,11-13H,20H2,1-3H3,(H,21,22). The molecular formula is C19H20N2O2. The Morgan fingerprint density at radius 3 is 2.35 bits per heavy atom. The van der Waals surface area contributed by atoms with E-state index in [1.807, 2.05) is 36.4 Å². The molecule has 2 aromatic carbocycles. The average molecular weight is 308 g/mol. The number of nitrogens with two attached hydrogens (primary N) is 1. The Hall–Kier alpha value is -2.93. The van der Waals surface area contributed by atoms with Crippen molar-refractivity contribution in [3.63, 3.8) is 0 Å². The van der Waals surface area contributed by atoms with E-state index in [-0.39, 0.29) is 0 Å². The Morgan fingerprint density at radius 1 is 1.04 bits per heavy atom. The second-order valence-electron chi connectivity index (χ2n) is 6.04. The van der Waals surface area contributed by atoms with Gasteiger partial charge in [-0.2, -0.15) is 0 Å². The van der Waals surface area contributed by atoms with Crippen molar-refractivity contribution in [2.75, 3.05) is 11.1 Å². The van der Waals surface area contributed by atoms with Crippen LogP contribution in [0.15, 0.2) is 48.5 Å². The van der Waals surface area contributed by atoms with Gasteiger partial charge in [0.1, 0.15) is 5.60 Å². The predicted octanol–water partition coefficient (Wildman–Crippen LogP) is 4.02. The molecule has 4 heteroatoms. The molecule has 0 aliphatic carbocycles. The molecule has 0 fully saturated rings. The van der Waals surface area contributed by atoms with E-state index < -0.39 is 11.7 Å². The van der Waals surface area contributed by atoms with Gasteiger partial charge in [0.2, 0.25) is 0 Å². The zero-order valence-electron chi connectivity index (χ0n) is 13.5. The van der Waals surface area contributed by atoms with Crippen molar-refractivity contribution in [2.24, 2.45) is 0 Å². The Morgan fingerprint density at radius 2 is 1.70 bits per heavy atom. The van der Waals surface area contributed by atoms with Crippen LogP contribution in [-0.4, -0.2) is 11.7 Å². The second-order valence-corrected chi connectivity index (χ2v) is 6.04. The molecule has 0 heterocycles. The third-order valence-electron chi connectivity index (χ3n) is 2.81. The molecule has 0 aliphatic heterocycles. The number of anilines is 2. The quantitative estimate of drug-likeness (QED) is 0.618. The molecule has 118 valence electrons. The van der Waals surface area contributed by atoms with Gasteiger partial charge in [0.05, 0.1) is 11.4 Å². The monoisotopic (exact) mass is 308 g/mol. The first-order valence-corrected chi connectivity index (χ1v) is 7.30. The van der Waals surface area contributed by atoms with Crippen molar-refractivity contribution >= 4 is 17.5 Å². The van der Waals surface area contributed by atoms with Crippen molar-refractivity contribution in [2.45, 2.75) is 26.4 Å². The van der Waals surface area contributed by atoms with Crippen LogP contribution in [-0.2, 0) is 4.74 Å². The summed E-state index contributed by atoms with van der Waals surface area (Å²) in [5.41, 5.74) is 7.95.